The number of hydrogen-bond acceptors (Lipinski definition) is 2. The van der Waals surface area contributed by atoms with Crippen molar-refractivity contribution in [2.75, 3.05) is 0 Å². The van der Waals surface area contributed by atoms with Crippen molar-refractivity contribution in [3.8, 4) is 0 Å². The number of aryl methyl sites for hydroxylation is 1. The van der Waals surface area contributed by atoms with Gasteiger partial charge in [0.25, 0.3) is 5.91 Å². The molecule has 1 amide bonds. The number of rotatable bonds is 4. The van der Waals surface area contributed by atoms with E-state index < -0.39 is 12.0 Å². The van der Waals surface area contributed by atoms with Crippen molar-refractivity contribution in [1.82, 2.24) is 5.32 Å². The van der Waals surface area contributed by atoms with Crippen molar-refractivity contribution in [3.05, 3.63) is 35.4 Å². The van der Waals surface area contributed by atoms with Crippen molar-refractivity contribution in [1.29, 1.82) is 0 Å². The second kappa shape index (κ2) is 5.48. The molecule has 0 saturated heterocycles. The van der Waals surface area contributed by atoms with E-state index in [0.717, 1.165) is 5.56 Å². The molecule has 0 aliphatic heterocycles. The molecule has 4 heteroatoms. The van der Waals surface area contributed by atoms with Gasteiger partial charge in [0.15, 0.2) is 0 Å². The first-order valence-corrected chi connectivity index (χ1v) is 5.52. The molecule has 1 atom stereocenters. The Kier molecular flexibility index (Phi) is 4.26. The quantitative estimate of drug-likeness (QED) is 0.836. The number of hydrogen-bond donors (Lipinski definition) is 2. The van der Waals surface area contributed by atoms with Gasteiger partial charge >= 0.3 is 5.97 Å². The summed E-state index contributed by atoms with van der Waals surface area (Å²) in [4.78, 5) is 22.7. The van der Waals surface area contributed by atoms with Crippen molar-refractivity contribution in [2.24, 2.45) is 5.92 Å². The summed E-state index contributed by atoms with van der Waals surface area (Å²) in [6.45, 7) is 5.44. The highest BCUT2D eigenvalue weighted by molar-refractivity contribution is 5.96. The van der Waals surface area contributed by atoms with Crippen LogP contribution in [0.15, 0.2) is 24.3 Å². The normalized spacial score (nSPS) is 12.2. The maximum atomic E-state index is 11.8. The van der Waals surface area contributed by atoms with E-state index in [2.05, 4.69) is 5.32 Å². The van der Waals surface area contributed by atoms with Gasteiger partial charge in [-0.25, -0.2) is 4.79 Å². The summed E-state index contributed by atoms with van der Waals surface area (Å²) in [6, 6.07) is 6.15. The second-order valence-corrected chi connectivity index (χ2v) is 4.40. The first-order chi connectivity index (χ1) is 7.91. The van der Waals surface area contributed by atoms with Crippen molar-refractivity contribution in [3.63, 3.8) is 0 Å². The van der Waals surface area contributed by atoms with Crippen LogP contribution in [0.5, 0.6) is 0 Å². The lowest BCUT2D eigenvalue weighted by Gasteiger charge is -2.17. The summed E-state index contributed by atoms with van der Waals surface area (Å²) in [5.74, 6) is -1.52. The third-order valence-electron chi connectivity index (χ3n) is 2.53. The van der Waals surface area contributed by atoms with Crippen molar-refractivity contribution < 1.29 is 14.7 Å². The van der Waals surface area contributed by atoms with Gasteiger partial charge in [-0.05, 0) is 25.0 Å². The van der Waals surface area contributed by atoms with Crippen molar-refractivity contribution in [2.45, 2.75) is 26.8 Å². The molecular weight excluding hydrogens is 218 g/mol. The van der Waals surface area contributed by atoms with E-state index in [1.54, 1.807) is 26.0 Å². The van der Waals surface area contributed by atoms with E-state index >= 15 is 0 Å². The van der Waals surface area contributed by atoms with Crippen LogP contribution in [-0.2, 0) is 4.79 Å². The van der Waals surface area contributed by atoms with Crippen LogP contribution < -0.4 is 5.32 Å². The lowest BCUT2D eigenvalue weighted by Crippen LogP contribution is -2.44. The zero-order valence-corrected chi connectivity index (χ0v) is 10.2. The summed E-state index contributed by atoms with van der Waals surface area (Å²) in [6.07, 6.45) is 0. The molecule has 17 heavy (non-hydrogen) atoms. The van der Waals surface area contributed by atoms with E-state index in [4.69, 9.17) is 5.11 Å². The maximum absolute atomic E-state index is 11.8. The number of carboxylic acids is 1. The average Bonchev–Trinajstić information content (AvgIpc) is 2.25. The Balaban J connectivity index is 2.77. The third-order valence-corrected chi connectivity index (χ3v) is 2.53. The molecule has 2 N–H and O–H groups in total. The molecule has 0 aliphatic carbocycles. The Morgan fingerprint density at radius 2 is 1.71 bits per heavy atom. The first-order valence-electron chi connectivity index (χ1n) is 5.52. The van der Waals surface area contributed by atoms with Crippen LogP contribution in [0.4, 0.5) is 0 Å². The molecule has 92 valence electrons. The molecule has 0 aliphatic rings. The molecule has 0 aromatic heterocycles. The monoisotopic (exact) mass is 235 g/mol. The van der Waals surface area contributed by atoms with Gasteiger partial charge in [-0.1, -0.05) is 31.5 Å². The summed E-state index contributed by atoms with van der Waals surface area (Å²) in [5, 5.41) is 11.5. The number of benzene rings is 1. The molecule has 1 aromatic rings. The Labute approximate surface area is 101 Å². The number of carbonyl (C=O) groups is 2. The van der Waals surface area contributed by atoms with Crippen LogP contribution in [0.25, 0.3) is 0 Å². The summed E-state index contributed by atoms with van der Waals surface area (Å²) < 4.78 is 0. The summed E-state index contributed by atoms with van der Waals surface area (Å²) >= 11 is 0. The highest BCUT2D eigenvalue weighted by Crippen LogP contribution is 2.06. The van der Waals surface area contributed by atoms with Crippen LogP contribution in [0.1, 0.15) is 29.8 Å². The van der Waals surface area contributed by atoms with Gasteiger partial charge in [0, 0.05) is 5.56 Å². The van der Waals surface area contributed by atoms with Crippen LogP contribution in [0.3, 0.4) is 0 Å². The smallest absolute Gasteiger partial charge is 0.326 e. The number of carbonyl (C=O) groups excluding carboxylic acids is 1. The zero-order chi connectivity index (χ0) is 13.0. The lowest BCUT2D eigenvalue weighted by molar-refractivity contribution is -0.140. The highest BCUT2D eigenvalue weighted by Gasteiger charge is 2.23. The van der Waals surface area contributed by atoms with Crippen molar-refractivity contribution >= 4 is 11.9 Å². The Morgan fingerprint density at radius 3 is 2.12 bits per heavy atom. The molecule has 1 aromatic carbocycles. The fraction of sp³-hybridized carbons (Fsp3) is 0.385. The Morgan fingerprint density at radius 1 is 1.18 bits per heavy atom. The lowest BCUT2D eigenvalue weighted by atomic mass is 10.0. The minimum atomic E-state index is -1.01. The largest absolute Gasteiger partial charge is 0.480 e. The fourth-order valence-corrected chi connectivity index (χ4v) is 1.44. The molecule has 0 bridgehead atoms. The van der Waals surface area contributed by atoms with Crippen LogP contribution in [0.2, 0.25) is 0 Å². The molecule has 1 rings (SSSR count). The van der Waals surface area contributed by atoms with Gasteiger partial charge in [0.05, 0.1) is 0 Å². The van der Waals surface area contributed by atoms with E-state index in [1.807, 2.05) is 19.1 Å². The van der Waals surface area contributed by atoms with Gasteiger partial charge in [0.2, 0.25) is 0 Å². The number of nitrogens with one attached hydrogen (secondary N) is 1. The number of amides is 1. The average molecular weight is 235 g/mol. The van der Waals surface area contributed by atoms with Crippen LogP contribution in [-0.4, -0.2) is 23.0 Å². The molecule has 4 nitrogen and oxygen atoms in total. The number of aliphatic carboxylic acids is 1. The molecule has 0 fully saturated rings. The van der Waals surface area contributed by atoms with E-state index in [0.29, 0.717) is 5.56 Å². The minimum Gasteiger partial charge on any atom is -0.480 e. The molecule has 0 heterocycles. The topological polar surface area (TPSA) is 66.4 Å². The maximum Gasteiger partial charge on any atom is 0.326 e. The highest BCUT2D eigenvalue weighted by atomic mass is 16.4. The fourth-order valence-electron chi connectivity index (χ4n) is 1.44. The first kappa shape index (κ1) is 13.2. The minimum absolute atomic E-state index is 0.151. The molecule has 0 unspecified atom stereocenters. The molecule has 0 saturated carbocycles. The second-order valence-electron chi connectivity index (χ2n) is 4.40. The van der Waals surface area contributed by atoms with Gasteiger partial charge in [-0.15, -0.1) is 0 Å². The number of carboxylic acid groups (broad SMARTS) is 1. The van der Waals surface area contributed by atoms with Crippen LogP contribution >= 0.6 is 0 Å². The molecular formula is C13H17NO3. The van der Waals surface area contributed by atoms with E-state index in [-0.39, 0.29) is 11.8 Å². The van der Waals surface area contributed by atoms with E-state index in [1.165, 1.54) is 0 Å². The van der Waals surface area contributed by atoms with Gasteiger partial charge in [-0.2, -0.15) is 0 Å². The van der Waals surface area contributed by atoms with Crippen LogP contribution in [0, 0.1) is 12.8 Å². The van der Waals surface area contributed by atoms with Gasteiger partial charge in [-0.3, -0.25) is 4.79 Å². The third kappa shape index (κ3) is 3.59. The zero-order valence-electron chi connectivity index (χ0n) is 10.2. The van der Waals surface area contributed by atoms with Gasteiger partial charge < -0.3 is 10.4 Å². The SMILES string of the molecule is Cc1ccc(C(=O)N[C@@H](C(=O)O)C(C)C)cc1. The predicted molar refractivity (Wildman–Crippen MR) is 64.9 cm³/mol. The Hall–Kier alpha value is -1.84. The Bertz CT molecular complexity index is 409. The standard InChI is InChI=1S/C13H17NO3/c1-8(2)11(13(16)17)14-12(15)10-6-4-9(3)5-7-10/h4-8,11H,1-3H3,(H,14,15)(H,16,17)/t11-/m1/s1. The molecule has 0 spiro atoms. The summed E-state index contributed by atoms with van der Waals surface area (Å²) in [7, 11) is 0. The predicted octanol–water partition coefficient (Wildman–Crippen LogP) is 1.83. The molecule has 0 radical (unpaired) electrons. The van der Waals surface area contributed by atoms with E-state index in [9.17, 15) is 9.59 Å². The summed E-state index contributed by atoms with van der Waals surface area (Å²) in [5.41, 5.74) is 1.53. The van der Waals surface area contributed by atoms with Gasteiger partial charge in [0.1, 0.15) is 6.04 Å².